The fourth-order valence-electron chi connectivity index (χ4n) is 1.78. The highest BCUT2D eigenvalue weighted by Gasteiger charge is 2.49. The molecule has 2 nitrogen and oxygen atoms in total. The third-order valence-electron chi connectivity index (χ3n) is 3.24. The molecule has 1 aliphatic rings. The predicted octanol–water partition coefficient (Wildman–Crippen LogP) is 1.78. The number of ether oxygens (including phenoxy) is 1. The summed E-state index contributed by atoms with van der Waals surface area (Å²) in [4.78, 5) is 0. The first-order chi connectivity index (χ1) is 6.00. The van der Waals surface area contributed by atoms with Gasteiger partial charge >= 0.3 is 0 Å². The molecule has 0 aromatic carbocycles. The van der Waals surface area contributed by atoms with E-state index in [1.807, 2.05) is 13.8 Å². The summed E-state index contributed by atoms with van der Waals surface area (Å²) in [6.45, 7) is 3.54. The van der Waals surface area contributed by atoms with Crippen LogP contribution in [0.15, 0.2) is 0 Å². The van der Waals surface area contributed by atoms with Crippen LogP contribution in [0.3, 0.4) is 0 Å². The second kappa shape index (κ2) is 3.88. The van der Waals surface area contributed by atoms with Crippen LogP contribution in [0.5, 0.6) is 0 Å². The van der Waals surface area contributed by atoms with Crippen LogP contribution in [0.25, 0.3) is 0 Å². The molecule has 3 unspecified atom stereocenters. The molecule has 0 spiro atoms. The van der Waals surface area contributed by atoms with Crippen molar-refractivity contribution in [1.82, 2.24) is 0 Å². The third-order valence-corrected chi connectivity index (χ3v) is 3.24. The van der Waals surface area contributed by atoms with E-state index in [2.05, 4.69) is 0 Å². The average Bonchev–Trinajstić information content (AvgIpc) is 2.10. The van der Waals surface area contributed by atoms with E-state index in [4.69, 9.17) is 10.5 Å². The van der Waals surface area contributed by atoms with Gasteiger partial charge in [-0.15, -0.1) is 0 Å². The van der Waals surface area contributed by atoms with Crippen molar-refractivity contribution in [1.29, 1.82) is 0 Å². The molecule has 0 amide bonds. The van der Waals surface area contributed by atoms with Crippen molar-refractivity contribution in [3.05, 3.63) is 0 Å². The van der Waals surface area contributed by atoms with Gasteiger partial charge < -0.3 is 10.5 Å². The molecule has 0 saturated heterocycles. The van der Waals surface area contributed by atoms with Crippen molar-refractivity contribution in [3.8, 4) is 0 Å². The summed E-state index contributed by atoms with van der Waals surface area (Å²) in [5.74, 6) is 0. The first kappa shape index (κ1) is 10.9. The van der Waals surface area contributed by atoms with E-state index in [0.717, 1.165) is 6.42 Å². The topological polar surface area (TPSA) is 35.2 Å². The van der Waals surface area contributed by atoms with Crippen LogP contribution in [0, 0.1) is 5.41 Å². The summed E-state index contributed by atoms with van der Waals surface area (Å²) < 4.78 is 28.8. The van der Waals surface area contributed by atoms with E-state index in [9.17, 15) is 8.78 Å². The molecule has 0 radical (unpaired) electrons. The number of nitrogens with two attached hydrogens (primary N) is 1. The Bertz CT molecular complexity index is 177. The lowest BCUT2D eigenvalue weighted by Crippen LogP contribution is -2.60. The summed E-state index contributed by atoms with van der Waals surface area (Å²) in [6.07, 6.45) is -0.876. The molecule has 1 saturated carbocycles. The number of rotatable bonds is 4. The van der Waals surface area contributed by atoms with Gasteiger partial charge in [0.1, 0.15) is 6.61 Å². The van der Waals surface area contributed by atoms with E-state index in [1.54, 1.807) is 0 Å². The van der Waals surface area contributed by atoms with Gasteiger partial charge in [0, 0.05) is 11.5 Å². The standard InChI is InChI=1S/C9H17F2NO/c1-3-9(2)6(12)4-7(9)13-5-8(10)11/h6-8H,3-5,12H2,1-2H3. The molecule has 3 atom stereocenters. The van der Waals surface area contributed by atoms with Crippen molar-refractivity contribution in [2.45, 2.75) is 45.3 Å². The zero-order valence-electron chi connectivity index (χ0n) is 8.09. The summed E-state index contributed by atoms with van der Waals surface area (Å²) in [5, 5.41) is 0. The van der Waals surface area contributed by atoms with Gasteiger partial charge in [-0.3, -0.25) is 0 Å². The second-order valence-corrected chi connectivity index (χ2v) is 3.91. The summed E-state index contributed by atoms with van der Waals surface area (Å²) in [5.41, 5.74) is 5.69. The Balaban J connectivity index is 2.37. The first-order valence-corrected chi connectivity index (χ1v) is 4.66. The van der Waals surface area contributed by atoms with Gasteiger partial charge in [0.15, 0.2) is 0 Å². The van der Waals surface area contributed by atoms with Gasteiger partial charge in [-0.1, -0.05) is 13.8 Å². The van der Waals surface area contributed by atoms with Crippen LogP contribution in [0.1, 0.15) is 26.7 Å². The Morgan fingerprint density at radius 2 is 2.23 bits per heavy atom. The maximum absolute atomic E-state index is 11.9. The van der Waals surface area contributed by atoms with Crippen molar-refractivity contribution in [2.24, 2.45) is 11.1 Å². The molecule has 0 aliphatic heterocycles. The minimum Gasteiger partial charge on any atom is -0.372 e. The van der Waals surface area contributed by atoms with Crippen LogP contribution in [-0.4, -0.2) is 25.2 Å². The second-order valence-electron chi connectivity index (χ2n) is 3.91. The highest BCUT2D eigenvalue weighted by Crippen LogP contribution is 2.44. The Kier molecular flexibility index (Phi) is 3.24. The van der Waals surface area contributed by atoms with Crippen molar-refractivity contribution < 1.29 is 13.5 Å². The fraction of sp³-hybridized carbons (Fsp3) is 1.00. The summed E-state index contributed by atoms with van der Waals surface area (Å²) >= 11 is 0. The predicted molar refractivity (Wildman–Crippen MR) is 46.7 cm³/mol. The quantitative estimate of drug-likeness (QED) is 0.738. The fourth-order valence-corrected chi connectivity index (χ4v) is 1.78. The van der Waals surface area contributed by atoms with E-state index in [1.165, 1.54) is 0 Å². The molecule has 2 N–H and O–H groups in total. The molecule has 1 fully saturated rings. The SMILES string of the molecule is CCC1(C)C(N)CC1OCC(F)F. The summed E-state index contributed by atoms with van der Waals surface area (Å²) in [6, 6.07) is 0.0974. The molecule has 1 aliphatic carbocycles. The average molecular weight is 193 g/mol. The maximum atomic E-state index is 11.9. The number of hydrogen-bond donors (Lipinski definition) is 1. The monoisotopic (exact) mass is 193 g/mol. The van der Waals surface area contributed by atoms with Crippen molar-refractivity contribution in [3.63, 3.8) is 0 Å². The first-order valence-electron chi connectivity index (χ1n) is 4.66. The van der Waals surface area contributed by atoms with Crippen LogP contribution < -0.4 is 5.73 Å². The number of alkyl halides is 2. The van der Waals surface area contributed by atoms with E-state index < -0.39 is 13.0 Å². The van der Waals surface area contributed by atoms with Crippen LogP contribution in [0.2, 0.25) is 0 Å². The Morgan fingerprint density at radius 1 is 1.62 bits per heavy atom. The van der Waals surface area contributed by atoms with Crippen LogP contribution in [0.4, 0.5) is 8.78 Å². The maximum Gasteiger partial charge on any atom is 0.261 e. The molecular formula is C9H17F2NO. The zero-order valence-corrected chi connectivity index (χ0v) is 8.09. The van der Waals surface area contributed by atoms with E-state index in [0.29, 0.717) is 6.42 Å². The summed E-state index contributed by atoms with van der Waals surface area (Å²) in [7, 11) is 0. The Morgan fingerprint density at radius 3 is 2.62 bits per heavy atom. The molecule has 1 rings (SSSR count). The van der Waals surface area contributed by atoms with Gasteiger partial charge in [0.2, 0.25) is 0 Å². The largest absolute Gasteiger partial charge is 0.372 e. The van der Waals surface area contributed by atoms with Crippen LogP contribution >= 0.6 is 0 Å². The molecule has 13 heavy (non-hydrogen) atoms. The zero-order chi connectivity index (χ0) is 10.1. The lowest BCUT2D eigenvalue weighted by Gasteiger charge is -2.51. The highest BCUT2D eigenvalue weighted by atomic mass is 19.3. The van der Waals surface area contributed by atoms with Crippen molar-refractivity contribution in [2.75, 3.05) is 6.61 Å². The van der Waals surface area contributed by atoms with Gasteiger partial charge in [-0.25, -0.2) is 8.78 Å². The Labute approximate surface area is 77.4 Å². The Hall–Kier alpha value is -0.220. The lowest BCUT2D eigenvalue weighted by molar-refractivity contribution is -0.140. The molecule has 0 heterocycles. The van der Waals surface area contributed by atoms with Crippen molar-refractivity contribution >= 4 is 0 Å². The molecule has 0 aromatic heterocycles. The van der Waals surface area contributed by atoms with Gasteiger partial charge in [-0.05, 0) is 12.8 Å². The molecule has 4 heteroatoms. The molecule has 0 bridgehead atoms. The number of halogens is 2. The lowest BCUT2D eigenvalue weighted by atomic mass is 9.62. The smallest absolute Gasteiger partial charge is 0.261 e. The normalized spacial score (nSPS) is 39.2. The van der Waals surface area contributed by atoms with Gasteiger partial charge in [-0.2, -0.15) is 0 Å². The highest BCUT2D eigenvalue weighted by molar-refractivity contribution is 5.02. The van der Waals surface area contributed by atoms with Gasteiger partial charge in [0.05, 0.1) is 6.10 Å². The minimum absolute atomic E-state index is 0.0819. The van der Waals surface area contributed by atoms with Gasteiger partial charge in [0.25, 0.3) is 6.43 Å². The number of hydrogen-bond acceptors (Lipinski definition) is 2. The van der Waals surface area contributed by atoms with Crippen LogP contribution in [-0.2, 0) is 4.74 Å². The molecule has 0 aromatic rings. The van der Waals surface area contributed by atoms with E-state index >= 15 is 0 Å². The third kappa shape index (κ3) is 1.99. The minimum atomic E-state index is -2.38. The van der Waals surface area contributed by atoms with E-state index in [-0.39, 0.29) is 17.6 Å². The molecule has 78 valence electrons. The molecular weight excluding hydrogens is 176 g/mol.